The van der Waals surface area contributed by atoms with Crippen LogP contribution in [0.2, 0.25) is 0 Å². The molecule has 2 aromatic carbocycles. The second-order valence-corrected chi connectivity index (χ2v) is 7.12. The maximum absolute atomic E-state index is 13.2. The van der Waals surface area contributed by atoms with Crippen LogP contribution in [0.5, 0.6) is 17.2 Å². The number of fused-ring (bicyclic) bond motifs is 1. The molecule has 0 amide bonds. The highest BCUT2D eigenvalue weighted by molar-refractivity contribution is 5.51. The Morgan fingerprint density at radius 3 is 2.33 bits per heavy atom. The third kappa shape index (κ3) is 3.73. The lowest BCUT2D eigenvalue weighted by atomic mass is 9.84. The van der Waals surface area contributed by atoms with Gasteiger partial charge in [-0.25, -0.2) is 4.39 Å². The number of methoxy groups -OCH3 is 1. The highest BCUT2D eigenvalue weighted by Gasteiger charge is 2.34. The lowest BCUT2D eigenvalue weighted by Gasteiger charge is -2.38. The Bertz CT molecular complexity index is 801. The molecular weight excluding hydrogens is 349 g/mol. The normalized spacial score (nSPS) is 18.9. The van der Waals surface area contributed by atoms with Crippen molar-refractivity contribution in [1.29, 1.82) is 0 Å². The molecule has 1 saturated heterocycles. The van der Waals surface area contributed by atoms with Crippen molar-refractivity contribution in [3.05, 3.63) is 53.3 Å². The van der Waals surface area contributed by atoms with Gasteiger partial charge in [-0.05, 0) is 36.6 Å². The Labute approximate surface area is 158 Å². The molecule has 2 heterocycles. The van der Waals surface area contributed by atoms with Gasteiger partial charge in [0.15, 0.2) is 11.5 Å². The fourth-order valence-electron chi connectivity index (χ4n) is 3.80. The zero-order valence-electron chi connectivity index (χ0n) is 15.4. The predicted molar refractivity (Wildman–Crippen MR) is 98.8 cm³/mol. The van der Waals surface area contributed by atoms with Crippen molar-refractivity contribution in [2.45, 2.75) is 25.0 Å². The number of halogens is 1. The number of hydrogen-bond donors (Lipinski definition) is 1. The first kappa shape index (κ1) is 18.1. The van der Waals surface area contributed by atoms with Crippen LogP contribution in [0.1, 0.15) is 24.0 Å². The van der Waals surface area contributed by atoms with Gasteiger partial charge in [0.1, 0.15) is 24.8 Å². The van der Waals surface area contributed by atoms with Crippen LogP contribution in [0.3, 0.4) is 0 Å². The number of ether oxygens (including phenoxy) is 3. The lowest BCUT2D eigenvalue weighted by Crippen LogP contribution is -2.42. The van der Waals surface area contributed by atoms with Crippen LogP contribution >= 0.6 is 0 Å². The van der Waals surface area contributed by atoms with Gasteiger partial charge in [-0.3, -0.25) is 4.90 Å². The van der Waals surface area contributed by atoms with E-state index in [2.05, 4.69) is 4.90 Å². The highest BCUT2D eigenvalue weighted by atomic mass is 19.1. The molecule has 0 aliphatic carbocycles. The molecule has 144 valence electrons. The van der Waals surface area contributed by atoms with Crippen molar-refractivity contribution in [2.24, 2.45) is 0 Å². The van der Waals surface area contributed by atoms with Crippen LogP contribution in [0, 0.1) is 5.82 Å². The number of rotatable bonds is 4. The number of aliphatic hydroxyl groups is 1. The fraction of sp³-hybridized carbons (Fsp3) is 0.429. The van der Waals surface area contributed by atoms with Crippen LogP contribution in [0.25, 0.3) is 0 Å². The second kappa shape index (κ2) is 7.37. The standard InChI is InChI=1S/C21H24FNO4/c1-25-18-13-20-19(26-10-11-27-20)12-15(18)14-23-8-6-21(24,7-9-23)16-2-4-17(22)5-3-16/h2-5,12-13,24H,6-11,14H2,1H3. The van der Waals surface area contributed by atoms with Crippen molar-refractivity contribution in [3.8, 4) is 17.2 Å². The van der Waals surface area contributed by atoms with Gasteiger partial charge in [-0.15, -0.1) is 0 Å². The number of likely N-dealkylation sites (tertiary alicyclic amines) is 1. The molecule has 0 saturated carbocycles. The molecule has 27 heavy (non-hydrogen) atoms. The molecule has 4 rings (SSSR count). The topological polar surface area (TPSA) is 51.2 Å². The summed E-state index contributed by atoms with van der Waals surface area (Å²) in [5.74, 6) is 1.95. The van der Waals surface area contributed by atoms with Crippen LogP contribution in [-0.2, 0) is 12.1 Å². The van der Waals surface area contributed by atoms with Crippen LogP contribution in [0.4, 0.5) is 4.39 Å². The van der Waals surface area contributed by atoms with Gasteiger partial charge < -0.3 is 19.3 Å². The van der Waals surface area contributed by atoms with Crippen LogP contribution in [-0.4, -0.2) is 43.4 Å². The molecule has 2 aliphatic heterocycles. The smallest absolute Gasteiger partial charge is 0.165 e. The summed E-state index contributed by atoms with van der Waals surface area (Å²) in [6.45, 7) is 3.28. The minimum absolute atomic E-state index is 0.287. The van der Waals surface area contributed by atoms with Gasteiger partial charge in [-0.2, -0.15) is 0 Å². The van der Waals surface area contributed by atoms with Gasteiger partial charge in [-0.1, -0.05) is 12.1 Å². The SMILES string of the molecule is COc1cc2c(cc1CN1CCC(O)(c3ccc(F)cc3)CC1)OCCO2. The molecular formula is C21H24FNO4. The van der Waals surface area contributed by atoms with Crippen molar-refractivity contribution < 1.29 is 23.7 Å². The average Bonchev–Trinajstić information content (AvgIpc) is 2.69. The molecule has 5 nitrogen and oxygen atoms in total. The van der Waals surface area contributed by atoms with Gasteiger partial charge in [0.2, 0.25) is 0 Å². The third-order valence-electron chi connectivity index (χ3n) is 5.40. The number of nitrogens with zero attached hydrogens (tertiary/aromatic N) is 1. The van der Waals surface area contributed by atoms with E-state index in [9.17, 15) is 9.50 Å². The van der Waals surface area contributed by atoms with Gasteiger partial charge >= 0.3 is 0 Å². The van der Waals surface area contributed by atoms with E-state index in [1.165, 1.54) is 12.1 Å². The van der Waals surface area contributed by atoms with Crippen molar-refractivity contribution in [2.75, 3.05) is 33.4 Å². The fourth-order valence-corrected chi connectivity index (χ4v) is 3.80. The Balaban J connectivity index is 1.45. The summed E-state index contributed by atoms with van der Waals surface area (Å²) in [5, 5.41) is 11.0. The average molecular weight is 373 g/mol. The molecule has 0 aromatic heterocycles. The first-order valence-electron chi connectivity index (χ1n) is 9.25. The summed E-state index contributed by atoms with van der Waals surface area (Å²) in [7, 11) is 1.65. The summed E-state index contributed by atoms with van der Waals surface area (Å²) in [5.41, 5.74) is 0.913. The Kier molecular flexibility index (Phi) is 4.93. The lowest BCUT2D eigenvalue weighted by molar-refractivity contribution is -0.0279. The molecule has 1 fully saturated rings. The first-order valence-corrected chi connectivity index (χ1v) is 9.25. The summed E-state index contributed by atoms with van der Waals surface area (Å²) in [4.78, 5) is 2.28. The number of piperidine rings is 1. The maximum Gasteiger partial charge on any atom is 0.165 e. The predicted octanol–water partition coefficient (Wildman–Crippen LogP) is 3.09. The molecule has 2 aliphatic rings. The largest absolute Gasteiger partial charge is 0.496 e. The zero-order valence-corrected chi connectivity index (χ0v) is 15.4. The van der Waals surface area contributed by atoms with Crippen molar-refractivity contribution in [1.82, 2.24) is 4.90 Å². The molecule has 0 unspecified atom stereocenters. The molecule has 6 heteroatoms. The van der Waals surface area contributed by atoms with E-state index in [0.29, 0.717) is 38.3 Å². The summed E-state index contributed by atoms with van der Waals surface area (Å²) in [6, 6.07) is 10.0. The van der Waals surface area contributed by atoms with Crippen molar-refractivity contribution >= 4 is 0 Å². The van der Waals surface area contributed by atoms with E-state index >= 15 is 0 Å². The first-order chi connectivity index (χ1) is 13.1. The van der Waals surface area contributed by atoms with E-state index < -0.39 is 5.60 Å². The molecule has 0 radical (unpaired) electrons. The third-order valence-corrected chi connectivity index (χ3v) is 5.40. The molecule has 2 aromatic rings. The number of hydrogen-bond acceptors (Lipinski definition) is 5. The molecule has 0 spiro atoms. The van der Waals surface area contributed by atoms with Crippen LogP contribution < -0.4 is 14.2 Å². The maximum atomic E-state index is 13.2. The van der Waals surface area contributed by atoms with Crippen LogP contribution in [0.15, 0.2) is 36.4 Å². The quantitative estimate of drug-likeness (QED) is 0.893. The van der Waals surface area contributed by atoms with E-state index in [-0.39, 0.29) is 5.82 Å². The van der Waals surface area contributed by atoms with Crippen molar-refractivity contribution in [3.63, 3.8) is 0 Å². The molecule has 0 atom stereocenters. The molecule has 1 N–H and O–H groups in total. The van der Waals surface area contributed by atoms with E-state index in [4.69, 9.17) is 14.2 Å². The van der Waals surface area contributed by atoms with Gasteiger partial charge in [0.05, 0.1) is 12.7 Å². The van der Waals surface area contributed by atoms with E-state index in [0.717, 1.165) is 35.7 Å². The minimum atomic E-state index is -0.902. The minimum Gasteiger partial charge on any atom is -0.496 e. The summed E-state index contributed by atoms with van der Waals surface area (Å²) >= 11 is 0. The Hall–Kier alpha value is -2.31. The Morgan fingerprint density at radius 1 is 1.07 bits per heavy atom. The summed E-state index contributed by atoms with van der Waals surface area (Å²) in [6.07, 6.45) is 1.21. The highest BCUT2D eigenvalue weighted by Crippen LogP contribution is 2.38. The monoisotopic (exact) mass is 373 g/mol. The van der Waals surface area contributed by atoms with Gasteiger partial charge in [0.25, 0.3) is 0 Å². The number of benzene rings is 2. The zero-order chi connectivity index (χ0) is 18.9. The molecule has 0 bridgehead atoms. The van der Waals surface area contributed by atoms with E-state index in [1.54, 1.807) is 19.2 Å². The Morgan fingerprint density at radius 2 is 1.70 bits per heavy atom. The van der Waals surface area contributed by atoms with E-state index in [1.807, 2.05) is 12.1 Å². The summed E-state index contributed by atoms with van der Waals surface area (Å²) < 4.78 is 30.0. The second-order valence-electron chi connectivity index (χ2n) is 7.12. The van der Waals surface area contributed by atoms with Gasteiger partial charge in [0, 0.05) is 31.3 Å².